The molecular weight excluding hydrogens is 270 g/mol. The maximum absolute atomic E-state index is 12.0. The third-order valence-corrected chi connectivity index (χ3v) is 3.98. The highest BCUT2D eigenvalue weighted by Gasteiger charge is 2.34. The Bertz CT molecular complexity index is 424. The second-order valence-electron chi connectivity index (χ2n) is 5.51. The van der Waals surface area contributed by atoms with E-state index < -0.39 is 5.97 Å². The molecule has 0 saturated carbocycles. The Morgan fingerprint density at radius 1 is 1.38 bits per heavy atom. The number of carboxylic acid groups (broad SMARTS) is 1. The van der Waals surface area contributed by atoms with Gasteiger partial charge in [0.15, 0.2) is 5.78 Å². The number of ether oxygens (including phenoxy) is 1. The minimum absolute atomic E-state index is 0.0439. The van der Waals surface area contributed by atoms with Crippen molar-refractivity contribution in [3.05, 3.63) is 24.3 Å². The zero-order valence-corrected chi connectivity index (χ0v) is 12.2. The molecule has 0 aromatic heterocycles. The highest BCUT2D eigenvalue weighted by atomic mass is 16.5. The van der Waals surface area contributed by atoms with Crippen LogP contribution in [0.15, 0.2) is 24.3 Å². The van der Waals surface area contributed by atoms with E-state index in [2.05, 4.69) is 11.0 Å². The third-order valence-electron chi connectivity index (χ3n) is 3.98. The van der Waals surface area contributed by atoms with E-state index in [0.717, 1.165) is 25.9 Å². The maximum Gasteiger partial charge on any atom is 0.303 e. The summed E-state index contributed by atoms with van der Waals surface area (Å²) in [5.41, 5.74) is 0. The van der Waals surface area contributed by atoms with Crippen LogP contribution in [0, 0.1) is 5.92 Å². The molecule has 1 aliphatic heterocycles. The summed E-state index contributed by atoms with van der Waals surface area (Å²) in [5, 5.41) is 8.56. The van der Waals surface area contributed by atoms with Crippen molar-refractivity contribution in [3.63, 3.8) is 0 Å². The first-order valence-electron chi connectivity index (χ1n) is 7.59. The van der Waals surface area contributed by atoms with Crippen molar-refractivity contribution >= 4 is 11.8 Å². The van der Waals surface area contributed by atoms with Gasteiger partial charge >= 0.3 is 5.97 Å². The van der Waals surface area contributed by atoms with Gasteiger partial charge in [-0.1, -0.05) is 18.2 Å². The van der Waals surface area contributed by atoms with Gasteiger partial charge in [-0.15, -0.1) is 0 Å². The average molecular weight is 293 g/mol. The topological polar surface area (TPSA) is 66.8 Å². The van der Waals surface area contributed by atoms with Crippen LogP contribution < -0.4 is 0 Å². The number of hydrogen-bond donors (Lipinski definition) is 1. The molecular formula is C16H23NO4. The van der Waals surface area contributed by atoms with E-state index >= 15 is 0 Å². The van der Waals surface area contributed by atoms with E-state index in [9.17, 15) is 9.59 Å². The fourth-order valence-electron chi connectivity index (χ4n) is 2.89. The Morgan fingerprint density at radius 3 is 2.86 bits per heavy atom. The molecule has 0 radical (unpaired) electrons. The van der Waals surface area contributed by atoms with Crippen molar-refractivity contribution < 1.29 is 19.4 Å². The highest BCUT2D eigenvalue weighted by Crippen LogP contribution is 2.25. The number of rotatable bonds is 7. The molecule has 1 aliphatic carbocycles. The lowest BCUT2D eigenvalue weighted by molar-refractivity contribution is -0.137. The summed E-state index contributed by atoms with van der Waals surface area (Å²) in [6, 6.07) is -0.0439. The van der Waals surface area contributed by atoms with Crippen LogP contribution >= 0.6 is 0 Å². The molecule has 1 fully saturated rings. The number of morpholine rings is 1. The van der Waals surface area contributed by atoms with Gasteiger partial charge in [-0.2, -0.15) is 0 Å². The second kappa shape index (κ2) is 8.10. The van der Waals surface area contributed by atoms with Crippen LogP contribution in [0.4, 0.5) is 0 Å². The number of ketones is 1. The molecule has 0 unspecified atom stereocenters. The Balaban J connectivity index is 1.78. The van der Waals surface area contributed by atoms with E-state index in [1.54, 1.807) is 6.08 Å². The Morgan fingerprint density at radius 2 is 2.14 bits per heavy atom. The van der Waals surface area contributed by atoms with Gasteiger partial charge in [0, 0.05) is 25.4 Å². The van der Waals surface area contributed by atoms with E-state index in [-0.39, 0.29) is 24.2 Å². The molecule has 1 saturated heterocycles. The molecule has 5 nitrogen and oxygen atoms in total. The SMILES string of the molecule is O=C(O)CCCC=CC[C@H]1C=CC(=O)[C@@H]1N1CCOCC1. The van der Waals surface area contributed by atoms with E-state index in [1.165, 1.54) is 0 Å². The zero-order valence-electron chi connectivity index (χ0n) is 12.2. The molecule has 1 heterocycles. The summed E-state index contributed by atoms with van der Waals surface area (Å²) in [6.07, 6.45) is 10.3. The number of carbonyl (C=O) groups is 2. The third kappa shape index (κ3) is 4.79. The van der Waals surface area contributed by atoms with Crippen molar-refractivity contribution in [3.8, 4) is 0 Å². The van der Waals surface area contributed by atoms with Gasteiger partial charge in [0.05, 0.1) is 19.3 Å². The monoisotopic (exact) mass is 293 g/mol. The molecule has 116 valence electrons. The quantitative estimate of drug-likeness (QED) is 0.571. The minimum atomic E-state index is -0.750. The molecule has 21 heavy (non-hydrogen) atoms. The molecule has 2 atom stereocenters. The molecule has 0 aromatic rings. The van der Waals surface area contributed by atoms with Crippen LogP contribution in [0.5, 0.6) is 0 Å². The lowest BCUT2D eigenvalue weighted by atomic mass is 9.96. The van der Waals surface area contributed by atoms with Crippen LogP contribution in [0.2, 0.25) is 0 Å². The summed E-state index contributed by atoms with van der Waals surface area (Å²) in [5.74, 6) is -0.326. The van der Waals surface area contributed by atoms with Crippen molar-refractivity contribution in [2.45, 2.75) is 31.7 Å². The fraction of sp³-hybridized carbons (Fsp3) is 0.625. The largest absolute Gasteiger partial charge is 0.481 e. The van der Waals surface area contributed by atoms with E-state index in [4.69, 9.17) is 9.84 Å². The number of nitrogens with zero attached hydrogens (tertiary/aromatic N) is 1. The number of carboxylic acids is 1. The lowest BCUT2D eigenvalue weighted by Crippen LogP contribution is -2.48. The van der Waals surface area contributed by atoms with Crippen LogP contribution in [0.1, 0.15) is 25.7 Å². The van der Waals surface area contributed by atoms with Gasteiger partial charge in [0.2, 0.25) is 0 Å². The first-order valence-corrected chi connectivity index (χ1v) is 7.59. The van der Waals surface area contributed by atoms with Gasteiger partial charge < -0.3 is 9.84 Å². The van der Waals surface area contributed by atoms with Crippen molar-refractivity contribution in [1.29, 1.82) is 0 Å². The van der Waals surface area contributed by atoms with E-state index in [1.807, 2.05) is 12.2 Å². The van der Waals surface area contributed by atoms with E-state index in [0.29, 0.717) is 19.6 Å². The molecule has 2 rings (SSSR count). The Kier molecular flexibility index (Phi) is 6.14. The first kappa shape index (κ1) is 15.9. The summed E-state index contributed by atoms with van der Waals surface area (Å²) < 4.78 is 5.34. The molecule has 0 spiro atoms. The van der Waals surface area contributed by atoms with Gasteiger partial charge in [-0.25, -0.2) is 0 Å². The van der Waals surface area contributed by atoms with Crippen LogP contribution in [-0.2, 0) is 14.3 Å². The minimum Gasteiger partial charge on any atom is -0.481 e. The summed E-state index contributed by atoms with van der Waals surface area (Å²) in [6.45, 7) is 3.02. The predicted molar refractivity (Wildman–Crippen MR) is 79.1 cm³/mol. The molecule has 0 bridgehead atoms. The zero-order chi connectivity index (χ0) is 15.1. The number of unbranched alkanes of at least 4 members (excludes halogenated alkanes) is 1. The maximum atomic E-state index is 12.0. The highest BCUT2D eigenvalue weighted by molar-refractivity contribution is 5.97. The van der Waals surface area contributed by atoms with Gasteiger partial charge in [-0.05, 0) is 25.3 Å². The van der Waals surface area contributed by atoms with Crippen molar-refractivity contribution in [2.24, 2.45) is 5.92 Å². The standard InChI is InChI=1S/C16H23NO4/c18-14-8-7-13(5-3-1-2-4-6-15(19)20)16(14)17-9-11-21-12-10-17/h1,3,7-8,13,16H,2,4-6,9-12H2,(H,19,20)/t13-,16+/m0/s1. The van der Waals surface area contributed by atoms with Gasteiger partial charge in [0.25, 0.3) is 0 Å². The summed E-state index contributed by atoms with van der Waals surface area (Å²) >= 11 is 0. The molecule has 1 N–H and O–H groups in total. The summed E-state index contributed by atoms with van der Waals surface area (Å²) in [4.78, 5) is 24.7. The number of hydrogen-bond acceptors (Lipinski definition) is 4. The molecule has 5 heteroatoms. The molecule has 0 aromatic carbocycles. The predicted octanol–water partition coefficient (Wildman–Crippen LogP) is 1.64. The number of carbonyl (C=O) groups excluding carboxylic acids is 1. The van der Waals surface area contributed by atoms with Crippen LogP contribution in [-0.4, -0.2) is 54.1 Å². The lowest BCUT2D eigenvalue weighted by Gasteiger charge is -2.34. The first-order chi connectivity index (χ1) is 10.2. The fourth-order valence-corrected chi connectivity index (χ4v) is 2.89. The summed E-state index contributed by atoms with van der Waals surface area (Å²) in [7, 11) is 0. The number of aliphatic carboxylic acids is 1. The second-order valence-corrected chi connectivity index (χ2v) is 5.51. The Hall–Kier alpha value is -1.46. The van der Waals surface area contributed by atoms with Crippen molar-refractivity contribution in [1.82, 2.24) is 4.90 Å². The smallest absolute Gasteiger partial charge is 0.303 e. The normalized spacial score (nSPS) is 26.8. The average Bonchev–Trinajstić information content (AvgIpc) is 2.84. The molecule has 2 aliphatic rings. The van der Waals surface area contributed by atoms with Crippen molar-refractivity contribution in [2.75, 3.05) is 26.3 Å². The van der Waals surface area contributed by atoms with Crippen LogP contribution in [0.3, 0.4) is 0 Å². The Labute approximate surface area is 125 Å². The number of allylic oxidation sites excluding steroid dienone is 2. The van der Waals surface area contributed by atoms with Crippen LogP contribution in [0.25, 0.3) is 0 Å². The molecule has 0 amide bonds. The van der Waals surface area contributed by atoms with Gasteiger partial charge in [-0.3, -0.25) is 14.5 Å². The van der Waals surface area contributed by atoms with Gasteiger partial charge in [0.1, 0.15) is 0 Å².